The van der Waals surface area contributed by atoms with Crippen LogP contribution in [0.3, 0.4) is 0 Å². The van der Waals surface area contributed by atoms with E-state index in [9.17, 15) is 9.59 Å². The van der Waals surface area contributed by atoms with Crippen LogP contribution in [0.2, 0.25) is 0 Å². The van der Waals surface area contributed by atoms with E-state index in [2.05, 4.69) is 27.5 Å². The monoisotopic (exact) mass is 398 g/mol. The van der Waals surface area contributed by atoms with E-state index in [0.29, 0.717) is 18.3 Å². The van der Waals surface area contributed by atoms with Gasteiger partial charge in [-0.3, -0.25) is 14.3 Å². The molecule has 29 heavy (non-hydrogen) atoms. The topological polar surface area (TPSA) is 114 Å². The summed E-state index contributed by atoms with van der Waals surface area (Å²) in [5.74, 6) is -0.625. The highest BCUT2D eigenvalue weighted by atomic mass is 16.5. The number of carbonyl (C=O) groups is 2. The number of amides is 2. The molecule has 1 aliphatic rings. The smallest absolute Gasteiger partial charge is 0.314 e. The van der Waals surface area contributed by atoms with Crippen LogP contribution in [-0.4, -0.2) is 51.8 Å². The Bertz CT molecular complexity index is 1040. The molecule has 1 aliphatic carbocycles. The van der Waals surface area contributed by atoms with E-state index in [1.165, 1.54) is 13.5 Å². The van der Waals surface area contributed by atoms with Crippen LogP contribution in [0.5, 0.6) is 0 Å². The van der Waals surface area contributed by atoms with E-state index in [-0.39, 0.29) is 12.6 Å². The van der Waals surface area contributed by atoms with E-state index < -0.39 is 11.8 Å². The highest BCUT2D eigenvalue weighted by Crippen LogP contribution is 2.38. The molecule has 4 rings (SSSR count). The number of ether oxygens (including phenoxy) is 1. The van der Waals surface area contributed by atoms with Gasteiger partial charge in [0, 0.05) is 31.4 Å². The number of rotatable bonds is 5. The third kappa shape index (κ3) is 3.69. The molecule has 1 saturated carbocycles. The van der Waals surface area contributed by atoms with Crippen molar-refractivity contribution in [1.29, 1.82) is 0 Å². The van der Waals surface area contributed by atoms with Crippen molar-refractivity contribution >= 4 is 39.6 Å². The van der Waals surface area contributed by atoms with Crippen molar-refractivity contribution in [3.63, 3.8) is 0 Å². The second-order valence-electron chi connectivity index (χ2n) is 7.59. The predicted molar refractivity (Wildman–Crippen MR) is 110 cm³/mol. The van der Waals surface area contributed by atoms with Crippen molar-refractivity contribution in [2.24, 2.45) is 5.92 Å². The molecule has 3 N–H and O–H groups in total. The minimum Gasteiger partial charge on any atom is -0.383 e. The maximum Gasteiger partial charge on any atom is 0.314 e. The quantitative estimate of drug-likeness (QED) is 0.451. The highest BCUT2D eigenvalue weighted by Gasteiger charge is 2.28. The highest BCUT2D eigenvalue weighted by molar-refractivity contribution is 6.40. The fourth-order valence-electron chi connectivity index (χ4n) is 4.13. The Morgan fingerprint density at radius 3 is 2.90 bits per heavy atom. The first-order valence-corrected chi connectivity index (χ1v) is 10.0. The maximum atomic E-state index is 12.4. The molecule has 9 heteroatoms. The normalized spacial score (nSPS) is 19.5. The Hall–Kier alpha value is -2.94. The number of aromatic nitrogens is 4. The Balaban J connectivity index is 1.71. The van der Waals surface area contributed by atoms with Gasteiger partial charge in [0.05, 0.1) is 23.6 Å². The van der Waals surface area contributed by atoms with Gasteiger partial charge < -0.3 is 20.4 Å². The second-order valence-corrected chi connectivity index (χ2v) is 7.59. The van der Waals surface area contributed by atoms with E-state index in [4.69, 9.17) is 9.84 Å². The van der Waals surface area contributed by atoms with Crippen LogP contribution < -0.4 is 10.6 Å². The Kier molecular flexibility index (Phi) is 5.48. The fourth-order valence-corrected chi connectivity index (χ4v) is 4.13. The van der Waals surface area contributed by atoms with Gasteiger partial charge >= 0.3 is 11.8 Å². The summed E-state index contributed by atoms with van der Waals surface area (Å²) in [5.41, 5.74) is 1.71. The van der Waals surface area contributed by atoms with Crippen LogP contribution in [0.4, 0.5) is 5.82 Å². The zero-order valence-electron chi connectivity index (χ0n) is 16.7. The van der Waals surface area contributed by atoms with Crippen LogP contribution in [-0.2, 0) is 14.3 Å². The zero-order valence-corrected chi connectivity index (χ0v) is 16.7. The molecule has 3 aromatic heterocycles. The van der Waals surface area contributed by atoms with Crippen molar-refractivity contribution in [1.82, 2.24) is 25.1 Å². The van der Waals surface area contributed by atoms with Crippen LogP contribution in [0.25, 0.3) is 21.9 Å². The van der Waals surface area contributed by atoms with Crippen molar-refractivity contribution in [3.05, 3.63) is 18.5 Å². The molecule has 0 aliphatic heterocycles. The Morgan fingerprint density at radius 2 is 2.10 bits per heavy atom. The first-order chi connectivity index (χ1) is 14.1. The number of hydrogen-bond acceptors (Lipinski definition) is 5. The lowest BCUT2D eigenvalue weighted by atomic mass is 9.86. The predicted octanol–water partition coefficient (Wildman–Crippen LogP) is 2.36. The van der Waals surface area contributed by atoms with Gasteiger partial charge in [-0.2, -0.15) is 5.10 Å². The van der Waals surface area contributed by atoms with Gasteiger partial charge in [-0.1, -0.05) is 19.8 Å². The van der Waals surface area contributed by atoms with Gasteiger partial charge in [-0.05, 0) is 24.8 Å². The summed E-state index contributed by atoms with van der Waals surface area (Å²) in [4.78, 5) is 32.0. The fraction of sp³-hybridized carbons (Fsp3) is 0.500. The second kappa shape index (κ2) is 8.20. The van der Waals surface area contributed by atoms with Crippen LogP contribution in [0.1, 0.15) is 38.6 Å². The van der Waals surface area contributed by atoms with E-state index in [1.807, 2.05) is 16.9 Å². The lowest BCUT2D eigenvalue weighted by Gasteiger charge is -2.29. The van der Waals surface area contributed by atoms with Crippen LogP contribution in [0.15, 0.2) is 18.5 Å². The summed E-state index contributed by atoms with van der Waals surface area (Å²) in [6, 6.07) is 2.22. The summed E-state index contributed by atoms with van der Waals surface area (Å²) in [5, 5.41) is 11.6. The average molecular weight is 398 g/mol. The van der Waals surface area contributed by atoms with E-state index >= 15 is 0 Å². The number of carbonyl (C=O) groups excluding carboxylic acids is 2. The van der Waals surface area contributed by atoms with Crippen LogP contribution >= 0.6 is 0 Å². The van der Waals surface area contributed by atoms with Gasteiger partial charge in [-0.25, -0.2) is 4.98 Å². The molecule has 1 fully saturated rings. The van der Waals surface area contributed by atoms with Crippen molar-refractivity contribution in [2.75, 3.05) is 25.6 Å². The number of anilines is 1. The average Bonchev–Trinajstić information content (AvgIpc) is 3.33. The maximum absolute atomic E-state index is 12.4. The molecule has 0 aromatic carbocycles. The number of H-pyrrole nitrogens is 1. The van der Waals surface area contributed by atoms with Crippen molar-refractivity contribution < 1.29 is 14.3 Å². The Labute approximate surface area is 168 Å². The number of nitrogens with one attached hydrogen (secondary N) is 3. The van der Waals surface area contributed by atoms with Gasteiger partial charge in [0.1, 0.15) is 5.65 Å². The summed E-state index contributed by atoms with van der Waals surface area (Å²) in [6.45, 7) is 2.85. The molecule has 2 amide bonds. The third-order valence-corrected chi connectivity index (χ3v) is 5.66. The molecular weight excluding hydrogens is 372 g/mol. The molecule has 0 bridgehead atoms. The first kappa shape index (κ1) is 19.4. The standard InChI is InChI=1S/C20H26N6O3/c1-12-5-3-4-6-15(12)26-16-13-7-8-21-17(13)23-11-14(16)18(25-26)24-20(28)19(27)22-9-10-29-2/h7-8,11-12,15H,3-6,9-10H2,1-2H3,(H,21,23)(H,22,27)(H,24,25,28)/t12-,15+/m1/s1. The van der Waals surface area contributed by atoms with Crippen LogP contribution in [0, 0.1) is 5.92 Å². The van der Waals surface area contributed by atoms with E-state index in [0.717, 1.165) is 41.2 Å². The molecule has 0 saturated heterocycles. The summed E-state index contributed by atoms with van der Waals surface area (Å²) in [7, 11) is 1.53. The van der Waals surface area contributed by atoms with Gasteiger partial charge in [0.2, 0.25) is 0 Å². The van der Waals surface area contributed by atoms with Gasteiger partial charge in [0.25, 0.3) is 0 Å². The molecular formula is C20H26N6O3. The number of pyridine rings is 1. The number of nitrogens with zero attached hydrogens (tertiary/aromatic N) is 3. The van der Waals surface area contributed by atoms with E-state index in [1.54, 1.807) is 6.20 Å². The van der Waals surface area contributed by atoms with Crippen molar-refractivity contribution in [2.45, 2.75) is 38.6 Å². The molecule has 3 heterocycles. The minimum absolute atomic E-state index is 0.243. The molecule has 0 unspecified atom stereocenters. The van der Waals surface area contributed by atoms with Gasteiger partial charge in [-0.15, -0.1) is 0 Å². The summed E-state index contributed by atoms with van der Waals surface area (Å²) in [6.07, 6.45) is 8.11. The molecule has 154 valence electrons. The summed E-state index contributed by atoms with van der Waals surface area (Å²) >= 11 is 0. The number of hydrogen-bond donors (Lipinski definition) is 3. The summed E-state index contributed by atoms with van der Waals surface area (Å²) < 4.78 is 6.91. The van der Waals surface area contributed by atoms with Crippen molar-refractivity contribution in [3.8, 4) is 0 Å². The molecule has 9 nitrogen and oxygen atoms in total. The number of methoxy groups -OCH3 is 1. The molecule has 3 aromatic rings. The lowest BCUT2D eigenvalue weighted by Crippen LogP contribution is -2.37. The lowest BCUT2D eigenvalue weighted by molar-refractivity contribution is -0.136. The SMILES string of the molecule is COCCNC(=O)C(=O)Nc1nn([C@H]2CCCC[C@H]2C)c2c1cnc1[nH]ccc12. The zero-order chi connectivity index (χ0) is 20.4. The molecule has 2 atom stereocenters. The minimum atomic E-state index is -0.751. The number of aromatic amines is 1. The third-order valence-electron chi connectivity index (χ3n) is 5.66. The first-order valence-electron chi connectivity index (χ1n) is 10.0. The Morgan fingerprint density at radius 1 is 1.28 bits per heavy atom. The molecule has 0 spiro atoms. The van der Waals surface area contributed by atoms with Gasteiger partial charge in [0.15, 0.2) is 5.82 Å². The largest absolute Gasteiger partial charge is 0.383 e. The number of fused-ring (bicyclic) bond motifs is 3. The molecule has 0 radical (unpaired) electrons.